The largest absolute Gasteiger partial charge is 0.382 e. The highest BCUT2D eigenvalue weighted by molar-refractivity contribution is 6.02. The van der Waals surface area contributed by atoms with Gasteiger partial charge in [0.05, 0.1) is 11.4 Å². The number of nitrogens with zero attached hydrogens (tertiary/aromatic N) is 3. The molecule has 0 atom stereocenters. The maximum absolute atomic E-state index is 13.6. The number of carbonyl (C=O) groups is 1. The van der Waals surface area contributed by atoms with E-state index < -0.39 is 0 Å². The minimum absolute atomic E-state index is 0.303. The summed E-state index contributed by atoms with van der Waals surface area (Å²) in [6.45, 7) is 1.25. The Bertz CT molecular complexity index is 964. The zero-order chi connectivity index (χ0) is 18.6. The smallest absolute Gasteiger partial charge is 0.328 e. The molecule has 0 spiro atoms. The van der Waals surface area contributed by atoms with Crippen molar-refractivity contribution >= 4 is 23.4 Å². The fraction of sp³-hybridized carbons (Fsp3) is 0.150. The second-order valence-electron chi connectivity index (χ2n) is 6.16. The Morgan fingerprint density at radius 3 is 2.89 bits per heavy atom. The van der Waals surface area contributed by atoms with Crippen LogP contribution in [0.4, 0.5) is 26.5 Å². The topological polar surface area (TPSA) is 70.2 Å². The molecule has 3 heterocycles. The summed E-state index contributed by atoms with van der Waals surface area (Å²) in [5, 5.41) is 6.09. The molecule has 0 radical (unpaired) electrons. The number of nitrogens with one attached hydrogen (secondary N) is 2. The minimum Gasteiger partial charge on any atom is -0.382 e. The Balaban J connectivity index is 1.69. The van der Waals surface area contributed by atoms with Gasteiger partial charge >= 0.3 is 6.03 Å². The maximum Gasteiger partial charge on any atom is 0.328 e. The molecule has 0 aliphatic carbocycles. The first kappa shape index (κ1) is 17.0. The molecule has 2 amide bonds. The fourth-order valence-corrected chi connectivity index (χ4v) is 2.98. The number of hydrogen-bond acceptors (Lipinski definition) is 4. The molecular weight excluding hydrogens is 345 g/mol. The zero-order valence-corrected chi connectivity index (χ0v) is 14.5. The van der Waals surface area contributed by atoms with Crippen molar-refractivity contribution in [1.29, 1.82) is 0 Å². The highest BCUT2D eigenvalue weighted by Gasteiger charge is 2.23. The molecular formula is C20H18FN5O. The van der Waals surface area contributed by atoms with Crippen LogP contribution >= 0.6 is 0 Å². The summed E-state index contributed by atoms with van der Waals surface area (Å²) in [6, 6.07) is 15.0. The van der Waals surface area contributed by atoms with Crippen molar-refractivity contribution in [3.63, 3.8) is 0 Å². The number of halogens is 1. The molecule has 27 heavy (non-hydrogen) atoms. The van der Waals surface area contributed by atoms with E-state index in [-0.39, 0.29) is 11.8 Å². The molecule has 3 aromatic rings. The predicted octanol–water partition coefficient (Wildman–Crippen LogP) is 4.14. The van der Waals surface area contributed by atoms with Crippen molar-refractivity contribution in [1.82, 2.24) is 9.97 Å². The van der Waals surface area contributed by atoms with Crippen LogP contribution in [0, 0.1) is 5.82 Å². The van der Waals surface area contributed by atoms with Crippen LogP contribution in [0.25, 0.3) is 11.3 Å². The van der Waals surface area contributed by atoms with Crippen molar-refractivity contribution in [2.75, 3.05) is 28.6 Å². The molecule has 2 aromatic heterocycles. The second-order valence-corrected chi connectivity index (χ2v) is 6.16. The number of fused-ring (bicyclic) bond motifs is 1. The molecule has 0 unspecified atom stereocenters. The number of benzene rings is 1. The Kier molecular flexibility index (Phi) is 4.65. The number of anilines is 3. The van der Waals surface area contributed by atoms with E-state index in [1.807, 2.05) is 12.1 Å². The minimum atomic E-state index is -0.327. The number of pyridine rings is 2. The Hall–Kier alpha value is -3.48. The van der Waals surface area contributed by atoms with Crippen LogP contribution in [0.15, 0.2) is 60.8 Å². The normalized spacial score (nSPS) is 13.3. The van der Waals surface area contributed by atoms with Gasteiger partial charge in [0.2, 0.25) is 0 Å². The van der Waals surface area contributed by atoms with Crippen molar-refractivity contribution in [2.45, 2.75) is 6.42 Å². The van der Waals surface area contributed by atoms with E-state index in [2.05, 4.69) is 20.6 Å². The van der Waals surface area contributed by atoms with E-state index in [0.29, 0.717) is 29.4 Å². The second kappa shape index (κ2) is 7.41. The monoisotopic (exact) mass is 363 g/mol. The lowest BCUT2D eigenvalue weighted by Crippen LogP contribution is -2.36. The van der Waals surface area contributed by atoms with Gasteiger partial charge in [0.15, 0.2) is 5.82 Å². The number of carbonyl (C=O) groups excluding carboxylic acids is 1. The van der Waals surface area contributed by atoms with Gasteiger partial charge in [-0.25, -0.2) is 19.2 Å². The molecule has 0 bridgehead atoms. The van der Waals surface area contributed by atoms with Gasteiger partial charge in [0.1, 0.15) is 11.6 Å². The van der Waals surface area contributed by atoms with Gasteiger partial charge in [-0.3, -0.25) is 10.2 Å². The van der Waals surface area contributed by atoms with Crippen LogP contribution in [0.2, 0.25) is 0 Å². The zero-order valence-electron chi connectivity index (χ0n) is 14.5. The quantitative estimate of drug-likeness (QED) is 0.718. The third-order valence-corrected chi connectivity index (χ3v) is 4.27. The van der Waals surface area contributed by atoms with E-state index in [1.165, 1.54) is 12.1 Å². The summed E-state index contributed by atoms with van der Waals surface area (Å²) in [5.74, 6) is 0.664. The Morgan fingerprint density at radius 2 is 2.07 bits per heavy atom. The van der Waals surface area contributed by atoms with Crippen LogP contribution < -0.4 is 15.5 Å². The number of amides is 2. The van der Waals surface area contributed by atoms with E-state index >= 15 is 0 Å². The van der Waals surface area contributed by atoms with E-state index in [4.69, 9.17) is 0 Å². The maximum atomic E-state index is 13.6. The molecule has 1 aliphatic rings. The lowest BCUT2D eigenvalue weighted by atomic mass is 10.1. The number of rotatable bonds is 2. The third kappa shape index (κ3) is 3.72. The first-order valence-electron chi connectivity index (χ1n) is 8.71. The third-order valence-electron chi connectivity index (χ3n) is 4.27. The number of urea groups is 1. The average Bonchev–Trinajstić information content (AvgIpc) is 2.90. The Morgan fingerprint density at radius 1 is 1.15 bits per heavy atom. The van der Waals surface area contributed by atoms with Crippen LogP contribution in [-0.2, 0) is 0 Å². The highest BCUT2D eigenvalue weighted by atomic mass is 19.1. The summed E-state index contributed by atoms with van der Waals surface area (Å²) in [4.78, 5) is 23.2. The van der Waals surface area contributed by atoms with Gasteiger partial charge in [-0.1, -0.05) is 18.2 Å². The van der Waals surface area contributed by atoms with E-state index in [0.717, 1.165) is 18.7 Å². The van der Waals surface area contributed by atoms with Crippen LogP contribution in [-0.4, -0.2) is 29.1 Å². The van der Waals surface area contributed by atoms with Crippen LogP contribution in [0.1, 0.15) is 6.42 Å². The van der Waals surface area contributed by atoms with Crippen LogP contribution in [0.3, 0.4) is 0 Å². The number of aromatic nitrogens is 2. The van der Waals surface area contributed by atoms with E-state index in [9.17, 15) is 9.18 Å². The molecule has 1 aliphatic heterocycles. The summed E-state index contributed by atoms with van der Waals surface area (Å²) < 4.78 is 13.6. The first-order valence-corrected chi connectivity index (χ1v) is 8.71. The van der Waals surface area contributed by atoms with Gasteiger partial charge in [-0.2, -0.15) is 0 Å². The van der Waals surface area contributed by atoms with Crippen molar-refractivity contribution < 1.29 is 9.18 Å². The summed E-state index contributed by atoms with van der Waals surface area (Å²) in [5.41, 5.74) is 2.03. The van der Waals surface area contributed by atoms with Crippen molar-refractivity contribution in [3.05, 3.63) is 66.6 Å². The lowest BCUT2D eigenvalue weighted by Gasteiger charge is -2.22. The summed E-state index contributed by atoms with van der Waals surface area (Å²) >= 11 is 0. The average molecular weight is 363 g/mol. The molecule has 2 N–H and O–H groups in total. The summed E-state index contributed by atoms with van der Waals surface area (Å²) in [6.07, 6.45) is 2.40. The lowest BCUT2D eigenvalue weighted by molar-refractivity contribution is 0.256. The Labute approximate surface area is 156 Å². The SMILES string of the molecule is O=C(Nc1ccccn1)N1CCCNc2ccc(-c3cccc(F)c3)nc21. The highest BCUT2D eigenvalue weighted by Crippen LogP contribution is 2.30. The predicted molar refractivity (Wildman–Crippen MR) is 103 cm³/mol. The standard InChI is InChI=1S/C20H18FN5O/c21-15-6-3-5-14(13-15)16-8-9-17-19(24-16)26(12-4-11-22-17)20(27)25-18-7-1-2-10-23-18/h1-3,5-10,13,22H,4,11-12H2,(H,23,25,27). The molecule has 1 aromatic carbocycles. The van der Waals surface area contributed by atoms with Gasteiger partial charge in [-0.05, 0) is 42.8 Å². The molecule has 6 nitrogen and oxygen atoms in total. The molecule has 0 fully saturated rings. The number of hydrogen-bond donors (Lipinski definition) is 2. The van der Waals surface area contributed by atoms with Gasteiger partial charge < -0.3 is 5.32 Å². The van der Waals surface area contributed by atoms with Gasteiger partial charge in [0, 0.05) is 24.8 Å². The molecule has 136 valence electrons. The van der Waals surface area contributed by atoms with Crippen molar-refractivity contribution in [2.24, 2.45) is 0 Å². The van der Waals surface area contributed by atoms with Crippen LogP contribution in [0.5, 0.6) is 0 Å². The van der Waals surface area contributed by atoms with E-state index in [1.54, 1.807) is 41.4 Å². The molecule has 7 heteroatoms. The first-order chi connectivity index (χ1) is 13.2. The van der Waals surface area contributed by atoms with Gasteiger partial charge in [0.25, 0.3) is 0 Å². The fourth-order valence-electron chi connectivity index (χ4n) is 2.98. The molecule has 0 saturated carbocycles. The molecule has 0 saturated heterocycles. The molecule has 4 rings (SSSR count). The summed E-state index contributed by atoms with van der Waals surface area (Å²) in [7, 11) is 0. The van der Waals surface area contributed by atoms with Crippen molar-refractivity contribution in [3.8, 4) is 11.3 Å². The van der Waals surface area contributed by atoms with Gasteiger partial charge in [-0.15, -0.1) is 0 Å².